The Morgan fingerprint density at radius 1 is 1.25 bits per heavy atom. The van der Waals surface area contributed by atoms with Gasteiger partial charge in [0.15, 0.2) is 5.96 Å². The van der Waals surface area contributed by atoms with Crippen molar-refractivity contribution in [3.63, 3.8) is 0 Å². The highest BCUT2D eigenvalue weighted by atomic mass is 16.5. The summed E-state index contributed by atoms with van der Waals surface area (Å²) in [4.78, 5) is 4.28. The Morgan fingerprint density at radius 3 is 2.54 bits per heavy atom. The minimum atomic E-state index is -0.0737. The fourth-order valence-corrected chi connectivity index (χ4v) is 2.67. The van der Waals surface area contributed by atoms with Crippen molar-refractivity contribution in [1.82, 2.24) is 10.6 Å². The van der Waals surface area contributed by atoms with Crippen LogP contribution in [0.4, 0.5) is 0 Å². The summed E-state index contributed by atoms with van der Waals surface area (Å²) in [6.45, 7) is 9.28. The van der Waals surface area contributed by atoms with E-state index in [0.717, 1.165) is 38.5 Å². The van der Waals surface area contributed by atoms with E-state index < -0.39 is 0 Å². The molecule has 1 aliphatic rings. The van der Waals surface area contributed by atoms with E-state index in [1.165, 1.54) is 11.1 Å². The van der Waals surface area contributed by atoms with Gasteiger partial charge in [-0.25, -0.2) is 0 Å². The maximum atomic E-state index is 5.79. The number of guanidine groups is 1. The maximum absolute atomic E-state index is 5.79. The molecule has 0 radical (unpaired) electrons. The van der Waals surface area contributed by atoms with Crippen LogP contribution < -0.4 is 10.6 Å². The van der Waals surface area contributed by atoms with Gasteiger partial charge in [0.1, 0.15) is 0 Å². The summed E-state index contributed by atoms with van der Waals surface area (Å²) in [6, 6.07) is 8.48. The molecule has 1 unspecified atom stereocenters. The molecule has 0 amide bonds. The highest BCUT2D eigenvalue weighted by molar-refractivity contribution is 5.79. The molecule has 24 heavy (non-hydrogen) atoms. The first-order valence-electron chi connectivity index (χ1n) is 8.79. The van der Waals surface area contributed by atoms with E-state index in [0.29, 0.717) is 6.61 Å². The summed E-state index contributed by atoms with van der Waals surface area (Å²) in [5.41, 5.74) is 2.34. The summed E-state index contributed by atoms with van der Waals surface area (Å²) in [5.74, 6) is 0.805. The minimum absolute atomic E-state index is 0.0737. The van der Waals surface area contributed by atoms with Gasteiger partial charge in [-0.15, -0.1) is 0 Å². The molecule has 2 N–H and O–H groups in total. The summed E-state index contributed by atoms with van der Waals surface area (Å²) in [5, 5.41) is 6.71. The van der Waals surface area contributed by atoms with Crippen molar-refractivity contribution >= 4 is 5.96 Å². The third kappa shape index (κ3) is 6.13. The van der Waals surface area contributed by atoms with Crippen molar-refractivity contribution in [3.8, 4) is 0 Å². The maximum Gasteiger partial charge on any atom is 0.191 e. The number of hydrogen-bond acceptors (Lipinski definition) is 3. The second kappa shape index (κ2) is 9.04. The zero-order chi connectivity index (χ0) is 17.4. The normalized spacial score (nSPS) is 21.3. The summed E-state index contributed by atoms with van der Waals surface area (Å²) in [7, 11) is 1.79. The van der Waals surface area contributed by atoms with Crippen molar-refractivity contribution in [3.05, 3.63) is 35.4 Å². The molecule has 134 valence electrons. The molecule has 5 heteroatoms. The lowest BCUT2D eigenvalue weighted by Gasteiger charge is -2.24. The lowest BCUT2D eigenvalue weighted by atomic mass is 10.0. The Hall–Kier alpha value is -1.59. The van der Waals surface area contributed by atoms with Crippen LogP contribution in [0.25, 0.3) is 0 Å². The summed E-state index contributed by atoms with van der Waals surface area (Å²) in [6.07, 6.45) is 2.49. The quantitative estimate of drug-likeness (QED) is 0.595. The van der Waals surface area contributed by atoms with Gasteiger partial charge >= 0.3 is 0 Å². The Balaban J connectivity index is 1.76. The first-order chi connectivity index (χ1) is 11.5. The molecule has 1 fully saturated rings. The van der Waals surface area contributed by atoms with Gasteiger partial charge in [0.05, 0.1) is 18.3 Å². The molecule has 1 atom stereocenters. The molecule has 1 heterocycles. The molecular weight excluding hydrogens is 302 g/mol. The number of benzene rings is 1. The first-order valence-corrected chi connectivity index (χ1v) is 8.79. The monoisotopic (exact) mass is 333 g/mol. The van der Waals surface area contributed by atoms with Crippen LogP contribution in [0.15, 0.2) is 29.3 Å². The Labute approximate surface area is 145 Å². The molecule has 5 nitrogen and oxygen atoms in total. The molecule has 1 aromatic carbocycles. The molecule has 0 aromatic heterocycles. The molecule has 0 saturated carbocycles. The van der Waals surface area contributed by atoms with Gasteiger partial charge in [0, 0.05) is 26.7 Å². The zero-order valence-electron chi connectivity index (χ0n) is 15.4. The average molecular weight is 333 g/mol. The van der Waals surface area contributed by atoms with Crippen molar-refractivity contribution in [2.75, 3.05) is 20.2 Å². The van der Waals surface area contributed by atoms with Crippen molar-refractivity contribution < 1.29 is 9.47 Å². The number of rotatable bonds is 7. The van der Waals surface area contributed by atoms with Crippen LogP contribution in [0.2, 0.25) is 0 Å². The van der Waals surface area contributed by atoms with Crippen molar-refractivity contribution in [2.45, 2.75) is 58.5 Å². The second-order valence-electron chi connectivity index (χ2n) is 6.86. The Bertz CT molecular complexity index is 520. The second-order valence-corrected chi connectivity index (χ2v) is 6.86. The Kier molecular flexibility index (Phi) is 7.06. The lowest BCUT2D eigenvalue weighted by molar-refractivity contribution is 0.0243. The van der Waals surface area contributed by atoms with E-state index in [-0.39, 0.29) is 11.7 Å². The van der Waals surface area contributed by atoms with Gasteiger partial charge in [-0.2, -0.15) is 0 Å². The fraction of sp³-hybridized carbons (Fsp3) is 0.632. The number of nitrogens with zero attached hydrogens (tertiary/aromatic N) is 1. The lowest BCUT2D eigenvalue weighted by Crippen LogP contribution is -2.45. The van der Waals surface area contributed by atoms with Gasteiger partial charge < -0.3 is 20.1 Å². The average Bonchev–Trinajstić information content (AvgIpc) is 3.01. The van der Waals surface area contributed by atoms with Gasteiger partial charge in [-0.05, 0) is 44.7 Å². The number of aliphatic imine (C=N–C) groups is 1. The van der Waals surface area contributed by atoms with E-state index in [9.17, 15) is 0 Å². The van der Waals surface area contributed by atoms with Gasteiger partial charge in [-0.1, -0.05) is 24.3 Å². The molecular formula is C19H31N3O2. The smallest absolute Gasteiger partial charge is 0.191 e. The van der Waals surface area contributed by atoms with Gasteiger partial charge in [0.25, 0.3) is 0 Å². The van der Waals surface area contributed by atoms with Gasteiger partial charge in [0.2, 0.25) is 0 Å². The molecule has 0 spiro atoms. The zero-order valence-corrected chi connectivity index (χ0v) is 15.4. The standard InChI is InChI=1S/C19H31N3O2/c1-15(2)23-13-17-8-6-16(7-9-17)12-21-18(20-4)22-14-19(3)10-5-11-24-19/h6-9,15H,5,10-14H2,1-4H3,(H2,20,21,22). The topological polar surface area (TPSA) is 54.9 Å². The van der Waals surface area contributed by atoms with Crippen LogP contribution in [0.5, 0.6) is 0 Å². The van der Waals surface area contributed by atoms with Crippen molar-refractivity contribution in [1.29, 1.82) is 0 Å². The van der Waals surface area contributed by atoms with Crippen LogP contribution in [0.1, 0.15) is 44.7 Å². The SMILES string of the molecule is CN=C(NCc1ccc(COC(C)C)cc1)NCC1(C)CCCO1. The van der Waals surface area contributed by atoms with Crippen LogP contribution >= 0.6 is 0 Å². The number of nitrogens with one attached hydrogen (secondary N) is 2. The largest absolute Gasteiger partial charge is 0.374 e. The van der Waals surface area contributed by atoms with Crippen LogP contribution in [-0.2, 0) is 22.6 Å². The molecule has 1 aromatic rings. The fourth-order valence-electron chi connectivity index (χ4n) is 2.67. The summed E-state index contributed by atoms with van der Waals surface area (Å²) < 4.78 is 11.4. The van der Waals surface area contributed by atoms with E-state index in [2.05, 4.69) is 46.8 Å². The van der Waals surface area contributed by atoms with E-state index in [4.69, 9.17) is 9.47 Å². The Morgan fingerprint density at radius 2 is 1.96 bits per heavy atom. The van der Waals surface area contributed by atoms with Crippen molar-refractivity contribution in [2.24, 2.45) is 4.99 Å². The number of hydrogen-bond donors (Lipinski definition) is 2. The molecule has 1 saturated heterocycles. The van der Waals surface area contributed by atoms with E-state index in [1.54, 1.807) is 7.05 Å². The highest BCUT2D eigenvalue weighted by Gasteiger charge is 2.29. The summed E-state index contributed by atoms with van der Waals surface area (Å²) >= 11 is 0. The van der Waals surface area contributed by atoms with Gasteiger partial charge in [-0.3, -0.25) is 4.99 Å². The van der Waals surface area contributed by atoms with Crippen LogP contribution in [0, 0.1) is 0 Å². The molecule has 2 rings (SSSR count). The predicted octanol–water partition coefficient (Wildman–Crippen LogP) is 2.85. The third-order valence-electron chi connectivity index (χ3n) is 4.22. The van der Waals surface area contributed by atoms with E-state index in [1.807, 2.05) is 13.8 Å². The van der Waals surface area contributed by atoms with Crippen LogP contribution in [-0.4, -0.2) is 37.9 Å². The van der Waals surface area contributed by atoms with E-state index >= 15 is 0 Å². The minimum Gasteiger partial charge on any atom is -0.374 e. The predicted molar refractivity (Wildman–Crippen MR) is 98.2 cm³/mol. The first kappa shape index (κ1) is 18.7. The third-order valence-corrected chi connectivity index (χ3v) is 4.22. The molecule has 1 aliphatic heterocycles. The van der Waals surface area contributed by atoms with Crippen LogP contribution in [0.3, 0.4) is 0 Å². The molecule has 0 aliphatic carbocycles. The number of ether oxygens (including phenoxy) is 2. The molecule has 0 bridgehead atoms. The highest BCUT2D eigenvalue weighted by Crippen LogP contribution is 2.23.